The fourth-order valence-corrected chi connectivity index (χ4v) is 2.90. The van der Waals surface area contributed by atoms with Gasteiger partial charge in [-0.25, -0.2) is 9.18 Å². The van der Waals surface area contributed by atoms with Crippen LogP contribution in [0.5, 0.6) is 11.5 Å². The van der Waals surface area contributed by atoms with Gasteiger partial charge >= 0.3 is 6.03 Å². The monoisotopic (exact) mass is 401 g/mol. The average Bonchev–Trinajstić information content (AvgIpc) is 2.73. The zero-order valence-corrected chi connectivity index (χ0v) is 16.2. The Labute approximate surface area is 168 Å². The van der Waals surface area contributed by atoms with E-state index in [1.54, 1.807) is 30.3 Å². The van der Waals surface area contributed by atoms with Crippen LogP contribution in [0.3, 0.4) is 0 Å². The van der Waals surface area contributed by atoms with Crippen LogP contribution in [0.2, 0.25) is 0 Å². The molecule has 0 aromatic heterocycles. The molecule has 154 valence electrons. The summed E-state index contributed by atoms with van der Waals surface area (Å²) in [6.45, 7) is 3.12. The number of benzene rings is 2. The number of rotatable bonds is 7. The maximum absolute atomic E-state index is 12.9. The van der Waals surface area contributed by atoms with Crippen LogP contribution in [-0.4, -0.2) is 31.2 Å². The Bertz CT molecular complexity index is 858. The Hall–Kier alpha value is -3.29. The number of halogens is 1. The molecule has 0 spiro atoms. The molecule has 0 saturated heterocycles. The normalized spacial score (nSPS) is 13.3. The van der Waals surface area contributed by atoms with Crippen LogP contribution in [0.4, 0.5) is 14.9 Å². The molecule has 2 aromatic rings. The van der Waals surface area contributed by atoms with Gasteiger partial charge in [0, 0.05) is 18.3 Å². The number of fused-ring (bicyclic) bond motifs is 1. The molecule has 1 atom stereocenters. The predicted octanol–water partition coefficient (Wildman–Crippen LogP) is 3.20. The maximum Gasteiger partial charge on any atom is 0.315 e. The zero-order valence-electron chi connectivity index (χ0n) is 16.2. The molecule has 3 rings (SSSR count). The Morgan fingerprint density at radius 2 is 1.79 bits per heavy atom. The molecular weight excluding hydrogens is 377 g/mol. The molecule has 3 N–H and O–H groups in total. The van der Waals surface area contributed by atoms with E-state index in [0.29, 0.717) is 36.8 Å². The molecule has 0 aliphatic carbocycles. The highest BCUT2D eigenvalue weighted by Crippen LogP contribution is 2.32. The van der Waals surface area contributed by atoms with Crippen molar-refractivity contribution in [3.63, 3.8) is 0 Å². The van der Waals surface area contributed by atoms with Crippen molar-refractivity contribution >= 4 is 17.6 Å². The van der Waals surface area contributed by atoms with Crippen molar-refractivity contribution in [3.8, 4) is 11.5 Å². The fourth-order valence-electron chi connectivity index (χ4n) is 2.90. The van der Waals surface area contributed by atoms with E-state index in [1.807, 2.05) is 6.92 Å². The maximum atomic E-state index is 12.9. The summed E-state index contributed by atoms with van der Waals surface area (Å²) in [6.07, 6.45) is 1.21. The van der Waals surface area contributed by atoms with Crippen LogP contribution in [0.15, 0.2) is 42.5 Å². The van der Waals surface area contributed by atoms with Crippen LogP contribution in [0.25, 0.3) is 0 Å². The van der Waals surface area contributed by atoms with Crippen molar-refractivity contribution < 1.29 is 23.5 Å². The van der Waals surface area contributed by atoms with E-state index >= 15 is 0 Å². The number of carbonyl (C=O) groups excluding carboxylic acids is 2. The minimum absolute atomic E-state index is 0.231. The summed E-state index contributed by atoms with van der Waals surface area (Å²) in [6, 6.07) is 9.84. The van der Waals surface area contributed by atoms with Gasteiger partial charge in [-0.2, -0.15) is 0 Å². The van der Waals surface area contributed by atoms with E-state index in [4.69, 9.17) is 9.47 Å². The first-order valence-corrected chi connectivity index (χ1v) is 9.54. The van der Waals surface area contributed by atoms with Gasteiger partial charge in [-0.15, -0.1) is 0 Å². The molecule has 1 aliphatic heterocycles. The summed E-state index contributed by atoms with van der Waals surface area (Å²) >= 11 is 0. The molecule has 29 heavy (non-hydrogen) atoms. The van der Waals surface area contributed by atoms with Crippen LogP contribution >= 0.6 is 0 Å². The lowest BCUT2D eigenvalue weighted by Crippen LogP contribution is -2.47. The lowest BCUT2D eigenvalue weighted by molar-refractivity contribution is -0.118. The number of nitrogens with one attached hydrogen (secondary N) is 3. The lowest BCUT2D eigenvalue weighted by Gasteiger charge is -2.21. The summed E-state index contributed by atoms with van der Waals surface area (Å²) in [5, 5.41) is 8.17. The number of carbonyl (C=O) groups is 2. The van der Waals surface area contributed by atoms with E-state index in [9.17, 15) is 14.0 Å². The van der Waals surface area contributed by atoms with Gasteiger partial charge in [-0.1, -0.05) is 25.5 Å². The summed E-state index contributed by atoms with van der Waals surface area (Å²) in [5.74, 6) is 0.557. The second-order valence-electron chi connectivity index (χ2n) is 6.64. The number of anilines is 1. The topological polar surface area (TPSA) is 88.7 Å². The molecule has 1 aliphatic rings. The number of ether oxygens (including phenoxy) is 2. The second-order valence-corrected chi connectivity index (χ2v) is 6.64. The fraction of sp³-hybridized carbons (Fsp3) is 0.333. The van der Waals surface area contributed by atoms with Gasteiger partial charge in [0.1, 0.15) is 25.1 Å². The Morgan fingerprint density at radius 3 is 2.52 bits per heavy atom. The Morgan fingerprint density at radius 1 is 1.07 bits per heavy atom. The molecule has 0 radical (unpaired) electrons. The molecule has 8 heteroatoms. The summed E-state index contributed by atoms with van der Waals surface area (Å²) in [7, 11) is 0. The van der Waals surface area contributed by atoms with Crippen LogP contribution in [-0.2, 0) is 11.3 Å². The number of hydrogen-bond acceptors (Lipinski definition) is 4. The third-order valence-corrected chi connectivity index (χ3v) is 4.38. The third kappa shape index (κ3) is 5.84. The lowest BCUT2D eigenvalue weighted by atomic mass is 10.1. The van der Waals surface area contributed by atoms with Gasteiger partial charge in [-0.3, -0.25) is 4.79 Å². The number of amides is 3. The van der Waals surface area contributed by atoms with Crippen molar-refractivity contribution in [1.29, 1.82) is 0 Å². The first kappa shape index (κ1) is 20.4. The molecule has 7 nitrogen and oxygen atoms in total. The van der Waals surface area contributed by atoms with E-state index in [2.05, 4.69) is 16.0 Å². The van der Waals surface area contributed by atoms with E-state index in [-0.39, 0.29) is 18.3 Å². The molecule has 1 heterocycles. The third-order valence-electron chi connectivity index (χ3n) is 4.38. The van der Waals surface area contributed by atoms with Crippen LogP contribution in [0.1, 0.15) is 25.3 Å². The van der Waals surface area contributed by atoms with Gasteiger partial charge in [0.05, 0.1) is 0 Å². The standard InChI is InChI=1S/C21H24FN3O4/c1-2-3-17(25-21(27)23-13-14-4-6-15(22)7-5-14)20(26)24-16-8-9-18-19(12-16)29-11-10-28-18/h4-9,12,17H,2-3,10-11,13H2,1H3,(H,24,26)(H2,23,25,27). The summed E-state index contributed by atoms with van der Waals surface area (Å²) < 4.78 is 23.9. The van der Waals surface area contributed by atoms with Crippen LogP contribution in [0, 0.1) is 5.82 Å². The Balaban J connectivity index is 1.55. The average molecular weight is 401 g/mol. The predicted molar refractivity (Wildman–Crippen MR) is 107 cm³/mol. The van der Waals surface area contributed by atoms with Crippen molar-refractivity contribution in [2.45, 2.75) is 32.4 Å². The molecule has 3 amide bonds. The molecule has 0 fully saturated rings. The SMILES string of the molecule is CCCC(NC(=O)NCc1ccc(F)cc1)C(=O)Nc1ccc2c(c1)OCCO2. The van der Waals surface area contributed by atoms with Crippen LogP contribution < -0.4 is 25.4 Å². The van der Waals surface area contributed by atoms with Gasteiger partial charge in [0.15, 0.2) is 11.5 Å². The molecule has 0 bridgehead atoms. The number of hydrogen-bond donors (Lipinski definition) is 3. The first-order chi connectivity index (χ1) is 14.0. The summed E-state index contributed by atoms with van der Waals surface area (Å²) in [5.41, 5.74) is 1.32. The number of urea groups is 1. The van der Waals surface area contributed by atoms with E-state index in [0.717, 1.165) is 12.0 Å². The smallest absolute Gasteiger partial charge is 0.315 e. The van der Waals surface area contributed by atoms with Crippen molar-refractivity contribution in [3.05, 3.63) is 53.8 Å². The van der Waals surface area contributed by atoms with E-state index < -0.39 is 12.1 Å². The summed E-state index contributed by atoms with van der Waals surface area (Å²) in [4.78, 5) is 24.9. The highest BCUT2D eigenvalue weighted by atomic mass is 19.1. The van der Waals surface area contributed by atoms with Gasteiger partial charge in [-0.05, 0) is 36.2 Å². The van der Waals surface area contributed by atoms with Crippen molar-refractivity contribution in [2.24, 2.45) is 0 Å². The first-order valence-electron chi connectivity index (χ1n) is 9.54. The highest BCUT2D eigenvalue weighted by Gasteiger charge is 2.21. The second kappa shape index (κ2) is 9.77. The highest BCUT2D eigenvalue weighted by molar-refractivity contribution is 5.97. The quantitative estimate of drug-likeness (QED) is 0.665. The van der Waals surface area contributed by atoms with Gasteiger partial charge < -0.3 is 25.4 Å². The zero-order chi connectivity index (χ0) is 20.6. The van der Waals surface area contributed by atoms with Gasteiger partial charge in [0.25, 0.3) is 0 Å². The molecular formula is C21H24FN3O4. The minimum atomic E-state index is -0.693. The molecule has 1 unspecified atom stereocenters. The Kier molecular flexibility index (Phi) is 6.89. The van der Waals surface area contributed by atoms with Gasteiger partial charge in [0.2, 0.25) is 5.91 Å². The van der Waals surface area contributed by atoms with Crippen molar-refractivity contribution in [1.82, 2.24) is 10.6 Å². The molecule has 0 saturated carbocycles. The van der Waals surface area contributed by atoms with Crippen molar-refractivity contribution in [2.75, 3.05) is 18.5 Å². The molecule has 2 aromatic carbocycles. The van der Waals surface area contributed by atoms with E-state index in [1.165, 1.54) is 12.1 Å². The minimum Gasteiger partial charge on any atom is -0.486 e. The largest absolute Gasteiger partial charge is 0.486 e.